The van der Waals surface area contributed by atoms with E-state index in [2.05, 4.69) is 4.98 Å². The van der Waals surface area contributed by atoms with Crippen LogP contribution in [0.3, 0.4) is 0 Å². The number of alkyl halides is 3. The minimum Gasteiger partial charge on any atom is -0.337 e. The molecule has 3 N–H and O–H groups in total. The predicted molar refractivity (Wildman–Crippen MR) is 95.2 cm³/mol. The van der Waals surface area contributed by atoms with Gasteiger partial charge < -0.3 is 15.6 Å². The standard InChI is InChI=1S/C19H20F3N3O2/c1-11-14(12-5-3-2-4-6-12)7-15(17(26)24-11)18(27)25-9-13(8-23)16(10-25)19(20,21)22/h2-7,13,16H,8-10,23H2,1H3,(H,24,26). The van der Waals surface area contributed by atoms with Gasteiger partial charge in [-0.3, -0.25) is 9.59 Å². The second-order valence-electron chi connectivity index (χ2n) is 6.77. The number of pyridine rings is 1. The molecule has 0 spiro atoms. The third kappa shape index (κ3) is 3.75. The third-order valence-corrected chi connectivity index (χ3v) is 5.00. The van der Waals surface area contributed by atoms with Crippen molar-refractivity contribution in [3.05, 3.63) is 58.0 Å². The molecular weight excluding hydrogens is 359 g/mol. The molecule has 1 amide bonds. The zero-order valence-corrected chi connectivity index (χ0v) is 14.7. The van der Waals surface area contributed by atoms with Crippen molar-refractivity contribution >= 4 is 5.91 Å². The molecular formula is C19H20F3N3O2. The van der Waals surface area contributed by atoms with Gasteiger partial charge in [-0.1, -0.05) is 30.3 Å². The number of rotatable bonds is 3. The first-order valence-electron chi connectivity index (χ1n) is 8.57. The molecule has 1 saturated heterocycles. The van der Waals surface area contributed by atoms with E-state index < -0.39 is 36.0 Å². The van der Waals surface area contributed by atoms with Crippen LogP contribution in [0.4, 0.5) is 13.2 Å². The van der Waals surface area contributed by atoms with Gasteiger partial charge in [0, 0.05) is 30.3 Å². The largest absolute Gasteiger partial charge is 0.393 e. The van der Waals surface area contributed by atoms with Crippen molar-refractivity contribution in [1.29, 1.82) is 0 Å². The maximum Gasteiger partial charge on any atom is 0.393 e. The van der Waals surface area contributed by atoms with E-state index in [1.807, 2.05) is 30.3 Å². The average molecular weight is 379 g/mol. The van der Waals surface area contributed by atoms with Gasteiger partial charge in [0.1, 0.15) is 5.56 Å². The lowest BCUT2D eigenvalue weighted by Gasteiger charge is -2.19. The quantitative estimate of drug-likeness (QED) is 0.860. The molecule has 1 aliphatic heterocycles. The fraction of sp³-hybridized carbons (Fsp3) is 0.368. The smallest absolute Gasteiger partial charge is 0.337 e. The van der Waals surface area contributed by atoms with Gasteiger partial charge in [-0.2, -0.15) is 13.2 Å². The van der Waals surface area contributed by atoms with E-state index in [1.54, 1.807) is 6.92 Å². The number of halogens is 3. The first kappa shape index (κ1) is 19.2. The van der Waals surface area contributed by atoms with Gasteiger partial charge in [0.2, 0.25) is 0 Å². The normalized spacial score (nSPS) is 20.1. The molecule has 5 nitrogen and oxygen atoms in total. The maximum absolute atomic E-state index is 13.2. The van der Waals surface area contributed by atoms with E-state index in [0.29, 0.717) is 11.3 Å². The van der Waals surface area contributed by atoms with Gasteiger partial charge in [-0.25, -0.2) is 0 Å². The minimum atomic E-state index is -4.44. The van der Waals surface area contributed by atoms with Crippen LogP contribution >= 0.6 is 0 Å². The molecule has 1 aliphatic rings. The molecule has 1 aromatic carbocycles. The van der Waals surface area contributed by atoms with Crippen LogP contribution in [0, 0.1) is 18.8 Å². The van der Waals surface area contributed by atoms with E-state index in [9.17, 15) is 22.8 Å². The molecule has 2 heterocycles. The lowest BCUT2D eigenvalue weighted by molar-refractivity contribution is -0.179. The van der Waals surface area contributed by atoms with Crippen molar-refractivity contribution in [2.45, 2.75) is 13.1 Å². The van der Waals surface area contributed by atoms with E-state index in [1.165, 1.54) is 6.07 Å². The number of likely N-dealkylation sites (tertiary alicyclic amines) is 1. The van der Waals surface area contributed by atoms with Crippen molar-refractivity contribution < 1.29 is 18.0 Å². The van der Waals surface area contributed by atoms with Crippen molar-refractivity contribution in [3.63, 3.8) is 0 Å². The van der Waals surface area contributed by atoms with Crippen LogP contribution in [0.15, 0.2) is 41.2 Å². The highest BCUT2D eigenvalue weighted by atomic mass is 19.4. The molecule has 2 aromatic rings. The minimum absolute atomic E-state index is 0.118. The average Bonchev–Trinajstić information content (AvgIpc) is 3.07. The van der Waals surface area contributed by atoms with E-state index in [-0.39, 0.29) is 18.7 Å². The Balaban J connectivity index is 1.95. The first-order chi connectivity index (χ1) is 12.7. The zero-order chi connectivity index (χ0) is 19.8. The molecule has 27 heavy (non-hydrogen) atoms. The van der Waals surface area contributed by atoms with Crippen molar-refractivity contribution in [3.8, 4) is 11.1 Å². The molecule has 1 fully saturated rings. The van der Waals surface area contributed by atoms with Crippen molar-refractivity contribution in [1.82, 2.24) is 9.88 Å². The Labute approximate surface area is 154 Å². The summed E-state index contributed by atoms with van der Waals surface area (Å²) in [6.07, 6.45) is -4.44. The Morgan fingerprint density at radius 1 is 1.26 bits per heavy atom. The van der Waals surface area contributed by atoms with Crippen LogP contribution < -0.4 is 11.3 Å². The maximum atomic E-state index is 13.2. The number of aromatic amines is 1. The molecule has 0 aliphatic carbocycles. The highest BCUT2D eigenvalue weighted by Gasteiger charge is 2.50. The molecule has 0 radical (unpaired) electrons. The summed E-state index contributed by atoms with van der Waals surface area (Å²) in [7, 11) is 0. The fourth-order valence-corrected chi connectivity index (χ4v) is 3.52. The number of hydrogen-bond donors (Lipinski definition) is 2. The number of carbonyl (C=O) groups excluding carboxylic acids is 1. The van der Waals surface area contributed by atoms with Gasteiger partial charge in [0.25, 0.3) is 11.5 Å². The molecule has 0 bridgehead atoms. The number of nitrogens with two attached hydrogens (primary N) is 1. The zero-order valence-electron chi connectivity index (χ0n) is 14.7. The van der Waals surface area contributed by atoms with Crippen molar-refractivity contribution in [2.75, 3.05) is 19.6 Å². The van der Waals surface area contributed by atoms with Gasteiger partial charge >= 0.3 is 6.18 Å². The number of nitrogens with one attached hydrogen (secondary N) is 1. The summed E-state index contributed by atoms with van der Waals surface area (Å²) in [4.78, 5) is 28.8. The highest BCUT2D eigenvalue weighted by Crippen LogP contribution is 2.37. The Bertz CT molecular complexity index is 893. The van der Waals surface area contributed by atoms with E-state index >= 15 is 0 Å². The van der Waals surface area contributed by atoms with Gasteiger partial charge in [-0.15, -0.1) is 0 Å². The Kier molecular flexibility index (Phi) is 5.10. The highest BCUT2D eigenvalue weighted by molar-refractivity contribution is 5.95. The molecule has 144 valence electrons. The monoisotopic (exact) mass is 379 g/mol. The summed E-state index contributed by atoms with van der Waals surface area (Å²) in [6.45, 7) is 0.928. The number of benzene rings is 1. The van der Waals surface area contributed by atoms with Crippen LogP contribution in [0.1, 0.15) is 16.1 Å². The number of aryl methyl sites for hydroxylation is 1. The third-order valence-electron chi connectivity index (χ3n) is 5.00. The second kappa shape index (κ2) is 7.19. The molecule has 8 heteroatoms. The first-order valence-corrected chi connectivity index (χ1v) is 8.57. The topological polar surface area (TPSA) is 79.2 Å². The number of amides is 1. The number of H-pyrrole nitrogens is 1. The number of hydrogen-bond acceptors (Lipinski definition) is 3. The SMILES string of the molecule is Cc1[nH]c(=O)c(C(=O)N2CC(CN)C(C(F)(F)F)C2)cc1-c1ccccc1. The second-order valence-corrected chi connectivity index (χ2v) is 6.77. The molecule has 1 aromatic heterocycles. The van der Waals surface area contributed by atoms with E-state index in [0.717, 1.165) is 10.5 Å². The summed E-state index contributed by atoms with van der Waals surface area (Å²) in [5.41, 5.74) is 6.72. The van der Waals surface area contributed by atoms with Crippen LogP contribution in [-0.4, -0.2) is 41.6 Å². The lowest BCUT2D eigenvalue weighted by atomic mass is 9.96. The molecule has 0 saturated carbocycles. The van der Waals surface area contributed by atoms with Crippen LogP contribution in [0.25, 0.3) is 11.1 Å². The summed E-state index contributed by atoms with van der Waals surface area (Å²) in [5.74, 6) is -3.25. The Hall–Kier alpha value is -2.61. The van der Waals surface area contributed by atoms with Crippen LogP contribution in [0.2, 0.25) is 0 Å². The van der Waals surface area contributed by atoms with Crippen LogP contribution in [-0.2, 0) is 0 Å². The Morgan fingerprint density at radius 2 is 1.93 bits per heavy atom. The molecule has 2 unspecified atom stereocenters. The lowest BCUT2D eigenvalue weighted by Crippen LogP contribution is -2.35. The molecule has 2 atom stereocenters. The van der Waals surface area contributed by atoms with Gasteiger partial charge in [0.05, 0.1) is 5.92 Å². The number of carbonyl (C=O) groups is 1. The summed E-state index contributed by atoms with van der Waals surface area (Å²) in [6, 6.07) is 10.6. The van der Waals surface area contributed by atoms with Crippen molar-refractivity contribution in [2.24, 2.45) is 17.6 Å². The molecule has 3 rings (SSSR count). The van der Waals surface area contributed by atoms with Crippen LogP contribution in [0.5, 0.6) is 0 Å². The fourth-order valence-electron chi connectivity index (χ4n) is 3.52. The predicted octanol–water partition coefficient (Wildman–Crippen LogP) is 2.56. The summed E-state index contributed by atoms with van der Waals surface area (Å²) in [5, 5.41) is 0. The van der Waals surface area contributed by atoms with Gasteiger partial charge in [-0.05, 0) is 25.1 Å². The summed E-state index contributed by atoms with van der Waals surface area (Å²) >= 11 is 0. The number of aromatic nitrogens is 1. The Morgan fingerprint density at radius 3 is 2.48 bits per heavy atom. The summed E-state index contributed by atoms with van der Waals surface area (Å²) < 4.78 is 39.6. The van der Waals surface area contributed by atoms with E-state index in [4.69, 9.17) is 5.73 Å². The van der Waals surface area contributed by atoms with Gasteiger partial charge in [0.15, 0.2) is 0 Å². The number of nitrogens with zero attached hydrogens (tertiary/aromatic N) is 1.